The molecule has 178 valence electrons. The second-order valence-corrected chi connectivity index (χ2v) is 10.4. The summed E-state index contributed by atoms with van der Waals surface area (Å²) in [6.45, 7) is 13.1. The van der Waals surface area contributed by atoms with Gasteiger partial charge in [-0.3, -0.25) is 9.59 Å². The zero-order chi connectivity index (χ0) is 24.6. The number of nitrogens with zero attached hydrogens (tertiary/aromatic N) is 4. The number of halogens is 1. The highest BCUT2D eigenvalue weighted by Crippen LogP contribution is 2.31. The fourth-order valence-corrected chi connectivity index (χ4v) is 5.59. The number of hydrogen-bond acceptors (Lipinski definition) is 5. The predicted molar refractivity (Wildman–Crippen MR) is 143 cm³/mol. The number of aromatic nitrogens is 2. The first-order valence-electron chi connectivity index (χ1n) is 11.4. The van der Waals surface area contributed by atoms with E-state index in [9.17, 15) is 9.59 Å². The first kappa shape index (κ1) is 24.4. The van der Waals surface area contributed by atoms with Gasteiger partial charge in [0.15, 0.2) is 0 Å². The Hall–Kier alpha value is -2.71. The van der Waals surface area contributed by atoms with Crippen LogP contribution < -0.4 is 10.5 Å². The Kier molecular flexibility index (Phi) is 7.09. The number of pyridine rings is 1. The number of anilines is 1. The molecular formula is C26H29BrN4O2S. The number of allylic oxidation sites excluding steroid dienone is 1. The zero-order valence-corrected chi connectivity index (χ0v) is 22.3. The third-order valence-electron chi connectivity index (χ3n) is 6.67. The van der Waals surface area contributed by atoms with Crippen molar-refractivity contribution in [2.45, 2.75) is 53.2 Å². The molecule has 2 aromatic heterocycles. The average Bonchev–Trinajstić information content (AvgIpc) is 3.24. The summed E-state index contributed by atoms with van der Waals surface area (Å²) in [5, 5.41) is 1.04. The van der Waals surface area contributed by atoms with Crippen LogP contribution in [0.4, 0.5) is 5.69 Å². The summed E-state index contributed by atoms with van der Waals surface area (Å²) in [5.74, 6) is 0.246. The lowest BCUT2D eigenvalue weighted by Gasteiger charge is -2.35. The summed E-state index contributed by atoms with van der Waals surface area (Å²) in [7, 11) is 0. The summed E-state index contributed by atoms with van der Waals surface area (Å²) < 4.78 is 8.28. The van der Waals surface area contributed by atoms with E-state index in [2.05, 4.69) is 47.7 Å². The SMILES string of the molecule is C=CN(C=C(C)C(C)CC)c1ccc2n(c1=O)CC(C)N(Cc1nsc3c(Br)cccc13)C2=O. The molecule has 1 aliphatic rings. The van der Waals surface area contributed by atoms with E-state index in [4.69, 9.17) is 0 Å². The van der Waals surface area contributed by atoms with Gasteiger partial charge >= 0.3 is 0 Å². The molecule has 2 atom stereocenters. The topological polar surface area (TPSA) is 58.4 Å². The summed E-state index contributed by atoms with van der Waals surface area (Å²) >= 11 is 5.00. The van der Waals surface area contributed by atoms with Gasteiger partial charge in [-0.1, -0.05) is 38.1 Å². The highest BCUT2D eigenvalue weighted by atomic mass is 79.9. The first-order chi connectivity index (χ1) is 16.3. The lowest BCUT2D eigenvalue weighted by molar-refractivity contribution is 0.0589. The standard InChI is InChI=1S/C26H29BrN4O2S/c1-6-16(3)17(4)13-29(7-2)22-11-12-23-26(33)30(18(5)14-31(23)25(22)32)15-21-19-9-8-10-20(27)24(19)34-28-21/h7-13,16,18H,2,6,14-15H2,1,3-5H3. The Morgan fingerprint density at radius 1 is 1.35 bits per heavy atom. The molecule has 0 saturated carbocycles. The number of hydrogen-bond donors (Lipinski definition) is 0. The smallest absolute Gasteiger partial charge is 0.275 e. The normalized spacial score (nSPS) is 17.1. The predicted octanol–water partition coefficient (Wildman–Crippen LogP) is 6.16. The summed E-state index contributed by atoms with van der Waals surface area (Å²) in [5.41, 5.74) is 2.75. The molecule has 0 spiro atoms. The molecule has 0 aliphatic carbocycles. The zero-order valence-electron chi connectivity index (χ0n) is 19.9. The van der Waals surface area contributed by atoms with Crippen LogP contribution in [0.2, 0.25) is 0 Å². The Morgan fingerprint density at radius 2 is 2.12 bits per heavy atom. The monoisotopic (exact) mass is 540 g/mol. The molecular weight excluding hydrogens is 512 g/mol. The lowest BCUT2D eigenvalue weighted by Crippen LogP contribution is -2.49. The summed E-state index contributed by atoms with van der Waals surface area (Å²) in [6, 6.07) is 9.32. The van der Waals surface area contributed by atoms with Gasteiger partial charge in [0.2, 0.25) is 0 Å². The van der Waals surface area contributed by atoms with Gasteiger partial charge in [-0.2, -0.15) is 4.37 Å². The maximum absolute atomic E-state index is 13.5. The van der Waals surface area contributed by atoms with Crippen LogP contribution in [0.5, 0.6) is 0 Å². The first-order valence-corrected chi connectivity index (χ1v) is 13.0. The Labute approximate surface area is 212 Å². The van der Waals surface area contributed by atoms with Crippen LogP contribution in [0.3, 0.4) is 0 Å². The molecule has 0 N–H and O–H groups in total. The second kappa shape index (κ2) is 9.88. The van der Waals surface area contributed by atoms with Crippen molar-refractivity contribution in [3.8, 4) is 0 Å². The minimum atomic E-state index is -0.187. The van der Waals surface area contributed by atoms with Gasteiger partial charge in [0.1, 0.15) is 11.4 Å². The van der Waals surface area contributed by atoms with Gasteiger partial charge in [0.05, 0.1) is 16.9 Å². The van der Waals surface area contributed by atoms with E-state index < -0.39 is 0 Å². The molecule has 4 rings (SSSR count). The van der Waals surface area contributed by atoms with Gasteiger partial charge in [0, 0.05) is 34.8 Å². The quantitative estimate of drug-likeness (QED) is 0.359. The largest absolute Gasteiger partial charge is 0.327 e. The Morgan fingerprint density at radius 3 is 2.82 bits per heavy atom. The van der Waals surface area contributed by atoms with Crippen LogP contribution in [-0.4, -0.2) is 25.8 Å². The number of benzene rings is 1. The van der Waals surface area contributed by atoms with Crippen LogP contribution >= 0.6 is 27.5 Å². The molecule has 0 saturated heterocycles. The van der Waals surface area contributed by atoms with Gasteiger partial charge in [-0.15, -0.1) is 0 Å². The Bertz CT molecular complexity index is 1340. The van der Waals surface area contributed by atoms with Crippen LogP contribution in [0.15, 0.2) is 64.2 Å². The van der Waals surface area contributed by atoms with E-state index >= 15 is 0 Å². The minimum absolute atomic E-state index is 0.147. The maximum Gasteiger partial charge on any atom is 0.275 e. The third-order valence-corrected chi connectivity index (χ3v) is 8.52. The number of fused-ring (bicyclic) bond motifs is 2. The molecule has 0 radical (unpaired) electrons. The maximum atomic E-state index is 13.5. The summed E-state index contributed by atoms with van der Waals surface area (Å²) in [6.07, 6.45) is 4.61. The molecule has 8 heteroatoms. The highest BCUT2D eigenvalue weighted by Gasteiger charge is 2.32. The van der Waals surface area contributed by atoms with E-state index in [-0.39, 0.29) is 17.5 Å². The number of rotatable bonds is 7. The third kappa shape index (κ3) is 4.36. The van der Waals surface area contributed by atoms with Crippen molar-refractivity contribution in [1.82, 2.24) is 13.8 Å². The van der Waals surface area contributed by atoms with E-state index in [1.807, 2.05) is 36.2 Å². The number of carbonyl (C=O) groups excluding carboxylic acids is 1. The molecule has 3 heterocycles. The van der Waals surface area contributed by atoms with Gasteiger partial charge < -0.3 is 14.4 Å². The van der Waals surface area contributed by atoms with Gasteiger partial charge in [0.25, 0.3) is 11.5 Å². The second-order valence-electron chi connectivity index (χ2n) is 8.82. The molecule has 1 aromatic carbocycles. The van der Waals surface area contributed by atoms with Crippen LogP contribution in [-0.2, 0) is 13.1 Å². The van der Waals surface area contributed by atoms with Crippen LogP contribution in [0, 0.1) is 5.92 Å². The Balaban J connectivity index is 1.67. The summed E-state index contributed by atoms with van der Waals surface area (Å²) in [4.78, 5) is 30.4. The van der Waals surface area contributed by atoms with E-state index in [1.165, 1.54) is 17.1 Å². The van der Waals surface area contributed by atoms with Crippen molar-refractivity contribution in [3.63, 3.8) is 0 Å². The van der Waals surface area contributed by atoms with Crippen LogP contribution in [0.25, 0.3) is 10.1 Å². The number of carbonyl (C=O) groups is 1. The van der Waals surface area contributed by atoms with Crippen molar-refractivity contribution in [3.05, 3.63) is 81.1 Å². The lowest BCUT2D eigenvalue weighted by atomic mass is 10.0. The molecule has 1 amide bonds. The molecule has 0 bridgehead atoms. The number of amides is 1. The van der Waals surface area contributed by atoms with Crippen molar-refractivity contribution in [1.29, 1.82) is 0 Å². The minimum Gasteiger partial charge on any atom is -0.327 e. The molecule has 0 fully saturated rings. The van der Waals surface area contributed by atoms with Crippen molar-refractivity contribution < 1.29 is 4.79 Å². The van der Waals surface area contributed by atoms with Crippen molar-refractivity contribution >= 4 is 49.1 Å². The van der Waals surface area contributed by atoms with Crippen molar-refractivity contribution in [2.24, 2.45) is 5.92 Å². The molecule has 34 heavy (non-hydrogen) atoms. The molecule has 6 nitrogen and oxygen atoms in total. The molecule has 3 aromatic rings. The van der Waals surface area contributed by atoms with E-state index in [1.54, 1.807) is 27.8 Å². The molecule has 1 aliphatic heterocycles. The average molecular weight is 542 g/mol. The highest BCUT2D eigenvalue weighted by molar-refractivity contribution is 9.10. The van der Waals surface area contributed by atoms with Gasteiger partial charge in [-0.25, -0.2) is 0 Å². The van der Waals surface area contributed by atoms with Crippen molar-refractivity contribution in [2.75, 3.05) is 4.90 Å². The van der Waals surface area contributed by atoms with E-state index in [0.717, 1.165) is 26.7 Å². The van der Waals surface area contributed by atoms with E-state index in [0.29, 0.717) is 30.4 Å². The molecule has 2 unspecified atom stereocenters. The van der Waals surface area contributed by atoms with Crippen LogP contribution in [0.1, 0.15) is 50.3 Å². The fourth-order valence-electron chi connectivity index (χ4n) is 4.21. The van der Waals surface area contributed by atoms with Gasteiger partial charge in [-0.05, 0) is 71.8 Å². The fraction of sp³-hybridized carbons (Fsp3) is 0.346.